The predicted molar refractivity (Wildman–Crippen MR) is 100 cm³/mol. The first kappa shape index (κ1) is 20.9. The molecule has 1 saturated heterocycles. The molecule has 4 rings (SSSR count). The van der Waals surface area contributed by atoms with Crippen molar-refractivity contribution in [1.29, 1.82) is 0 Å². The molecule has 0 unspecified atom stereocenters. The molecule has 0 aliphatic carbocycles. The molecular weight excluding hydrogens is 419 g/mol. The summed E-state index contributed by atoms with van der Waals surface area (Å²) < 4.78 is 47.5. The summed E-state index contributed by atoms with van der Waals surface area (Å²) in [5, 5.41) is 12.6. The Morgan fingerprint density at radius 2 is 1.90 bits per heavy atom. The Bertz CT molecular complexity index is 1130. The fourth-order valence-corrected chi connectivity index (χ4v) is 3.98. The van der Waals surface area contributed by atoms with Gasteiger partial charge in [0.05, 0.1) is 18.7 Å². The van der Waals surface area contributed by atoms with E-state index in [0.29, 0.717) is 25.2 Å². The number of ether oxygens (including phenoxy) is 1. The van der Waals surface area contributed by atoms with Gasteiger partial charge in [-0.2, -0.15) is 0 Å². The number of hydrogen-bond donors (Lipinski definition) is 2. The molecule has 0 spiro atoms. The van der Waals surface area contributed by atoms with E-state index < -0.39 is 58.1 Å². The second-order valence-corrected chi connectivity index (χ2v) is 7.42. The highest BCUT2D eigenvalue weighted by Crippen LogP contribution is 2.34. The standard InChI is InChI=1S/C20H18F3N3O5/c1-25-15-8-31-3-2-14(15)26-7-11(17(27)18(28)16(26)20(25)30)19(29)24-6-10-12(22)4-9(21)5-13(10)23/h4-5,7,14-15,28H,2-3,6,8H2,1H3,(H,24,29)/t14-,15+/m1/s1. The van der Waals surface area contributed by atoms with Crippen molar-refractivity contribution < 1.29 is 32.6 Å². The summed E-state index contributed by atoms with van der Waals surface area (Å²) in [5.41, 5.74) is -2.40. The summed E-state index contributed by atoms with van der Waals surface area (Å²) in [5.74, 6) is -5.97. The highest BCUT2D eigenvalue weighted by molar-refractivity contribution is 5.99. The maximum absolute atomic E-state index is 13.8. The third-order valence-corrected chi connectivity index (χ3v) is 5.65. The quantitative estimate of drug-likeness (QED) is 0.755. The molecule has 0 bridgehead atoms. The van der Waals surface area contributed by atoms with Crippen LogP contribution in [-0.4, -0.2) is 52.7 Å². The zero-order valence-electron chi connectivity index (χ0n) is 16.3. The SMILES string of the molecule is CN1C(=O)c2c(O)c(=O)c(C(=O)NCc3c(F)cc(F)cc3F)cn2[C@@H]2CCOC[C@@H]21. The summed E-state index contributed by atoms with van der Waals surface area (Å²) in [7, 11) is 1.54. The number of hydrogen-bond acceptors (Lipinski definition) is 5. The summed E-state index contributed by atoms with van der Waals surface area (Å²) in [6.45, 7) is -0.00957. The minimum absolute atomic E-state index is 0.233. The van der Waals surface area contributed by atoms with E-state index in [0.717, 1.165) is 6.20 Å². The number of halogens is 3. The van der Waals surface area contributed by atoms with Crippen molar-refractivity contribution in [2.45, 2.75) is 25.0 Å². The number of carbonyl (C=O) groups excluding carboxylic acids is 2. The van der Waals surface area contributed by atoms with Crippen LogP contribution < -0.4 is 10.7 Å². The van der Waals surface area contributed by atoms with E-state index in [1.165, 1.54) is 16.5 Å². The second kappa shape index (κ2) is 7.73. The van der Waals surface area contributed by atoms with Crippen LogP contribution in [0.3, 0.4) is 0 Å². The summed E-state index contributed by atoms with van der Waals surface area (Å²) >= 11 is 0. The number of aromatic nitrogens is 1. The van der Waals surface area contributed by atoms with E-state index >= 15 is 0 Å². The molecule has 0 saturated carbocycles. The predicted octanol–water partition coefficient (Wildman–Crippen LogP) is 1.32. The minimum Gasteiger partial charge on any atom is -0.503 e. The summed E-state index contributed by atoms with van der Waals surface area (Å²) in [6.07, 6.45) is 1.64. The molecule has 1 aromatic heterocycles. The van der Waals surface area contributed by atoms with Gasteiger partial charge in [-0.25, -0.2) is 13.2 Å². The van der Waals surface area contributed by atoms with E-state index in [1.54, 1.807) is 0 Å². The van der Waals surface area contributed by atoms with Gasteiger partial charge in [-0.1, -0.05) is 0 Å². The highest BCUT2D eigenvalue weighted by Gasteiger charge is 2.42. The topological polar surface area (TPSA) is 101 Å². The van der Waals surface area contributed by atoms with Gasteiger partial charge in [0, 0.05) is 44.1 Å². The molecule has 1 fully saturated rings. The Balaban J connectivity index is 1.69. The molecule has 0 radical (unpaired) electrons. The summed E-state index contributed by atoms with van der Waals surface area (Å²) in [4.78, 5) is 39.2. The van der Waals surface area contributed by atoms with Crippen molar-refractivity contribution in [2.24, 2.45) is 0 Å². The lowest BCUT2D eigenvalue weighted by Crippen LogP contribution is -2.54. The number of aromatic hydroxyl groups is 1. The van der Waals surface area contributed by atoms with Crippen molar-refractivity contribution in [3.8, 4) is 5.75 Å². The largest absolute Gasteiger partial charge is 0.503 e. The minimum atomic E-state index is -1.19. The first-order valence-electron chi connectivity index (χ1n) is 9.45. The first-order chi connectivity index (χ1) is 14.7. The molecule has 11 heteroatoms. The van der Waals surface area contributed by atoms with Crippen LogP contribution in [0.25, 0.3) is 0 Å². The Labute approximate surface area is 173 Å². The number of fused-ring (bicyclic) bond motifs is 3. The smallest absolute Gasteiger partial charge is 0.274 e. The summed E-state index contributed by atoms with van der Waals surface area (Å²) in [6, 6.07) is 0.250. The van der Waals surface area contributed by atoms with Crippen molar-refractivity contribution in [3.05, 3.63) is 62.8 Å². The molecule has 2 amide bonds. The van der Waals surface area contributed by atoms with Gasteiger partial charge in [0.15, 0.2) is 11.4 Å². The van der Waals surface area contributed by atoms with Gasteiger partial charge in [0.25, 0.3) is 11.8 Å². The lowest BCUT2D eigenvalue weighted by molar-refractivity contribution is -0.0115. The molecule has 2 N–H and O–H groups in total. The number of nitrogens with one attached hydrogen (secondary N) is 1. The molecule has 2 aromatic rings. The second-order valence-electron chi connectivity index (χ2n) is 7.42. The molecule has 31 heavy (non-hydrogen) atoms. The van der Waals surface area contributed by atoms with Gasteiger partial charge in [-0.3, -0.25) is 14.4 Å². The number of pyridine rings is 1. The lowest BCUT2D eigenvalue weighted by atomic mass is 9.96. The third-order valence-electron chi connectivity index (χ3n) is 5.65. The van der Waals surface area contributed by atoms with Crippen molar-refractivity contribution in [3.63, 3.8) is 0 Å². The van der Waals surface area contributed by atoms with Gasteiger partial charge in [0.1, 0.15) is 23.0 Å². The Kier molecular flexibility index (Phi) is 5.21. The molecule has 2 aliphatic heterocycles. The average Bonchev–Trinajstić information content (AvgIpc) is 2.73. The van der Waals surface area contributed by atoms with Crippen LogP contribution in [0, 0.1) is 17.5 Å². The number of likely N-dealkylation sites (N-methyl/N-ethyl adjacent to an activating group) is 1. The zero-order chi connectivity index (χ0) is 22.4. The molecule has 164 valence electrons. The number of carbonyl (C=O) groups is 2. The molecule has 2 aliphatic rings. The Morgan fingerprint density at radius 3 is 2.58 bits per heavy atom. The van der Waals surface area contributed by atoms with E-state index in [-0.39, 0.29) is 24.4 Å². The van der Waals surface area contributed by atoms with E-state index in [2.05, 4.69) is 5.32 Å². The van der Waals surface area contributed by atoms with Crippen LogP contribution in [0.15, 0.2) is 23.1 Å². The Hall–Kier alpha value is -3.34. The fourth-order valence-electron chi connectivity index (χ4n) is 3.98. The third kappa shape index (κ3) is 3.44. The average molecular weight is 437 g/mol. The number of rotatable bonds is 3. The molecular formula is C20H18F3N3O5. The van der Waals surface area contributed by atoms with E-state index in [4.69, 9.17) is 4.74 Å². The number of amides is 2. The van der Waals surface area contributed by atoms with Crippen LogP contribution in [0.1, 0.15) is 38.9 Å². The molecule has 2 atom stereocenters. The molecule has 1 aromatic carbocycles. The number of nitrogens with zero attached hydrogens (tertiary/aromatic N) is 2. The van der Waals surface area contributed by atoms with Crippen LogP contribution in [-0.2, 0) is 11.3 Å². The van der Waals surface area contributed by atoms with E-state index in [1.807, 2.05) is 0 Å². The van der Waals surface area contributed by atoms with Gasteiger partial charge >= 0.3 is 0 Å². The lowest BCUT2D eigenvalue weighted by Gasteiger charge is -2.44. The first-order valence-corrected chi connectivity index (χ1v) is 9.45. The molecule has 3 heterocycles. The Morgan fingerprint density at radius 1 is 1.23 bits per heavy atom. The van der Waals surface area contributed by atoms with Crippen LogP contribution >= 0.6 is 0 Å². The molecule has 8 nitrogen and oxygen atoms in total. The van der Waals surface area contributed by atoms with Crippen LogP contribution in [0.5, 0.6) is 5.75 Å². The van der Waals surface area contributed by atoms with Crippen LogP contribution in [0.4, 0.5) is 13.2 Å². The maximum Gasteiger partial charge on any atom is 0.274 e. The highest BCUT2D eigenvalue weighted by atomic mass is 19.1. The monoisotopic (exact) mass is 437 g/mol. The normalized spacial score (nSPS) is 20.3. The zero-order valence-corrected chi connectivity index (χ0v) is 16.3. The van der Waals surface area contributed by atoms with Crippen molar-refractivity contribution in [1.82, 2.24) is 14.8 Å². The van der Waals surface area contributed by atoms with Crippen molar-refractivity contribution >= 4 is 11.8 Å². The van der Waals surface area contributed by atoms with Gasteiger partial charge in [-0.15, -0.1) is 0 Å². The van der Waals surface area contributed by atoms with E-state index in [9.17, 15) is 32.7 Å². The van der Waals surface area contributed by atoms with Gasteiger partial charge < -0.3 is 24.6 Å². The maximum atomic E-state index is 13.8. The van der Waals surface area contributed by atoms with Crippen molar-refractivity contribution in [2.75, 3.05) is 20.3 Å². The van der Waals surface area contributed by atoms with Crippen LogP contribution in [0.2, 0.25) is 0 Å². The number of benzene rings is 1. The van der Waals surface area contributed by atoms with Gasteiger partial charge in [0.2, 0.25) is 5.43 Å². The van der Waals surface area contributed by atoms with Gasteiger partial charge in [-0.05, 0) is 6.42 Å². The fraction of sp³-hybridized carbons (Fsp3) is 0.350.